The van der Waals surface area contributed by atoms with Gasteiger partial charge in [0.2, 0.25) is 0 Å². The molecule has 0 bridgehead atoms. The largest absolute Gasteiger partial charge is 0.395 e. The molecule has 14 heavy (non-hydrogen) atoms. The number of amidine groups is 1. The maximum atomic E-state index is 8.81. The summed E-state index contributed by atoms with van der Waals surface area (Å²) in [5.74, 6) is 0.272. The molecule has 0 aromatic heterocycles. The van der Waals surface area contributed by atoms with Crippen molar-refractivity contribution in [3.8, 4) is 0 Å². The van der Waals surface area contributed by atoms with Gasteiger partial charge in [0.25, 0.3) is 0 Å². The highest BCUT2D eigenvalue weighted by atomic mass is 16.3. The average molecular weight is 201 g/mol. The van der Waals surface area contributed by atoms with E-state index < -0.39 is 0 Å². The average Bonchev–Trinajstić information content (AvgIpc) is 2.12. The highest BCUT2D eigenvalue weighted by Crippen LogP contribution is 1.99. The molecule has 0 aliphatic heterocycles. The Balaban J connectivity index is 3.44. The number of hydrogen-bond acceptors (Lipinski definition) is 3. The van der Waals surface area contributed by atoms with Crippen molar-refractivity contribution in [1.82, 2.24) is 4.90 Å². The van der Waals surface area contributed by atoms with Crippen molar-refractivity contribution in [2.75, 3.05) is 26.2 Å². The van der Waals surface area contributed by atoms with Crippen LogP contribution in [0.1, 0.15) is 32.6 Å². The summed E-state index contributed by atoms with van der Waals surface area (Å²) in [6.45, 7) is 5.17. The molecule has 0 unspecified atom stereocenters. The van der Waals surface area contributed by atoms with E-state index in [1.54, 1.807) is 0 Å². The minimum Gasteiger partial charge on any atom is -0.395 e. The number of aliphatic hydroxyl groups excluding tert-OH is 1. The van der Waals surface area contributed by atoms with E-state index in [-0.39, 0.29) is 12.4 Å². The maximum absolute atomic E-state index is 8.81. The van der Waals surface area contributed by atoms with Crippen LogP contribution in [0, 0.1) is 5.41 Å². The van der Waals surface area contributed by atoms with Crippen LogP contribution in [0.3, 0.4) is 0 Å². The topological polar surface area (TPSA) is 73.3 Å². The number of unbranched alkanes of at least 4 members (excludes halogenated alkanes) is 1. The molecule has 0 saturated carbocycles. The Morgan fingerprint density at radius 2 is 2.00 bits per heavy atom. The monoisotopic (exact) mass is 201 g/mol. The van der Waals surface area contributed by atoms with Crippen molar-refractivity contribution in [3.05, 3.63) is 0 Å². The Hall–Kier alpha value is -0.610. The molecule has 0 aliphatic carbocycles. The molecule has 4 N–H and O–H groups in total. The Morgan fingerprint density at radius 1 is 1.29 bits per heavy atom. The van der Waals surface area contributed by atoms with E-state index in [1.165, 1.54) is 0 Å². The fraction of sp³-hybridized carbons (Fsp3) is 0.900. The van der Waals surface area contributed by atoms with E-state index in [1.807, 2.05) is 0 Å². The SMILES string of the molecule is CCCN(CCO)CCCCC(=N)N. The van der Waals surface area contributed by atoms with Gasteiger partial charge in [-0.2, -0.15) is 0 Å². The van der Waals surface area contributed by atoms with Gasteiger partial charge in [0.15, 0.2) is 0 Å². The fourth-order valence-electron chi connectivity index (χ4n) is 1.44. The zero-order chi connectivity index (χ0) is 10.8. The molecule has 0 heterocycles. The number of aliphatic hydroxyl groups is 1. The lowest BCUT2D eigenvalue weighted by Crippen LogP contribution is -2.29. The highest BCUT2D eigenvalue weighted by molar-refractivity contribution is 5.76. The van der Waals surface area contributed by atoms with Gasteiger partial charge in [0.1, 0.15) is 0 Å². The van der Waals surface area contributed by atoms with Crippen LogP contribution in [0.25, 0.3) is 0 Å². The van der Waals surface area contributed by atoms with Crippen LogP contribution in [0.4, 0.5) is 0 Å². The summed E-state index contributed by atoms with van der Waals surface area (Å²) in [5, 5.41) is 15.9. The number of rotatable bonds is 9. The molecule has 0 spiro atoms. The van der Waals surface area contributed by atoms with E-state index >= 15 is 0 Å². The minimum absolute atomic E-state index is 0.229. The second-order valence-corrected chi connectivity index (χ2v) is 3.55. The second kappa shape index (κ2) is 8.97. The first kappa shape index (κ1) is 13.4. The molecule has 0 saturated heterocycles. The van der Waals surface area contributed by atoms with E-state index in [0.717, 1.165) is 38.9 Å². The van der Waals surface area contributed by atoms with Crippen LogP contribution in [0.5, 0.6) is 0 Å². The molecule has 4 nitrogen and oxygen atoms in total. The first-order valence-corrected chi connectivity index (χ1v) is 5.36. The lowest BCUT2D eigenvalue weighted by molar-refractivity contribution is 0.194. The normalized spacial score (nSPS) is 10.8. The van der Waals surface area contributed by atoms with Gasteiger partial charge in [0, 0.05) is 13.0 Å². The van der Waals surface area contributed by atoms with Gasteiger partial charge in [-0.3, -0.25) is 5.41 Å². The fourth-order valence-corrected chi connectivity index (χ4v) is 1.44. The van der Waals surface area contributed by atoms with Crippen LogP contribution in [0.2, 0.25) is 0 Å². The lowest BCUT2D eigenvalue weighted by Gasteiger charge is -2.20. The molecule has 0 amide bonds. The van der Waals surface area contributed by atoms with Crippen molar-refractivity contribution >= 4 is 5.84 Å². The number of nitrogens with zero attached hydrogens (tertiary/aromatic N) is 1. The van der Waals surface area contributed by atoms with Crippen LogP contribution in [-0.4, -0.2) is 42.1 Å². The number of hydrogen-bond donors (Lipinski definition) is 3. The van der Waals surface area contributed by atoms with Crippen LogP contribution >= 0.6 is 0 Å². The first-order valence-electron chi connectivity index (χ1n) is 5.36. The van der Waals surface area contributed by atoms with E-state index in [2.05, 4.69) is 11.8 Å². The van der Waals surface area contributed by atoms with Gasteiger partial charge in [-0.25, -0.2) is 0 Å². The molecule has 4 heteroatoms. The summed E-state index contributed by atoms with van der Waals surface area (Å²) < 4.78 is 0. The molecule has 0 fully saturated rings. The maximum Gasteiger partial charge on any atom is 0.0905 e. The van der Waals surface area contributed by atoms with Gasteiger partial charge >= 0.3 is 0 Å². The Labute approximate surface area is 86.6 Å². The minimum atomic E-state index is 0.229. The molecule has 84 valence electrons. The first-order chi connectivity index (χ1) is 6.70. The zero-order valence-corrected chi connectivity index (χ0v) is 9.13. The summed E-state index contributed by atoms with van der Waals surface area (Å²) in [6.07, 6.45) is 3.84. The van der Waals surface area contributed by atoms with Gasteiger partial charge in [-0.15, -0.1) is 0 Å². The van der Waals surface area contributed by atoms with Gasteiger partial charge < -0.3 is 15.7 Å². The third kappa shape index (κ3) is 8.01. The zero-order valence-electron chi connectivity index (χ0n) is 9.13. The quantitative estimate of drug-likeness (QED) is 0.293. The van der Waals surface area contributed by atoms with Gasteiger partial charge in [0.05, 0.1) is 12.4 Å². The molecule has 0 atom stereocenters. The van der Waals surface area contributed by atoms with Crippen LogP contribution < -0.4 is 5.73 Å². The molecule has 0 aromatic carbocycles. The lowest BCUT2D eigenvalue weighted by atomic mass is 10.2. The Bertz CT molecular complexity index is 144. The van der Waals surface area contributed by atoms with E-state index in [9.17, 15) is 0 Å². The third-order valence-corrected chi connectivity index (χ3v) is 2.13. The van der Waals surface area contributed by atoms with Crippen molar-refractivity contribution in [2.24, 2.45) is 5.73 Å². The molecule has 0 aliphatic rings. The van der Waals surface area contributed by atoms with Gasteiger partial charge in [-0.05, 0) is 32.4 Å². The molecular formula is C10H23N3O. The van der Waals surface area contributed by atoms with Crippen molar-refractivity contribution in [3.63, 3.8) is 0 Å². The summed E-state index contributed by atoms with van der Waals surface area (Å²) >= 11 is 0. The van der Waals surface area contributed by atoms with Crippen LogP contribution in [0.15, 0.2) is 0 Å². The summed E-state index contributed by atoms with van der Waals surface area (Å²) in [4.78, 5) is 2.25. The van der Waals surface area contributed by atoms with Crippen molar-refractivity contribution in [2.45, 2.75) is 32.6 Å². The third-order valence-electron chi connectivity index (χ3n) is 2.13. The van der Waals surface area contributed by atoms with Crippen molar-refractivity contribution < 1.29 is 5.11 Å². The second-order valence-electron chi connectivity index (χ2n) is 3.55. The molecule has 0 radical (unpaired) electrons. The predicted octanol–water partition coefficient (Wildman–Crippen LogP) is 0.797. The molecule has 0 aromatic rings. The highest BCUT2D eigenvalue weighted by Gasteiger charge is 2.02. The standard InChI is InChI=1S/C10H23N3O/c1-2-6-13(8-9-14)7-4-3-5-10(11)12/h14H,2-9H2,1H3,(H3,11,12). The summed E-state index contributed by atoms with van der Waals surface area (Å²) in [7, 11) is 0. The number of nitrogens with two attached hydrogens (primary N) is 1. The van der Waals surface area contributed by atoms with E-state index in [0.29, 0.717) is 6.42 Å². The van der Waals surface area contributed by atoms with Crippen LogP contribution in [-0.2, 0) is 0 Å². The Morgan fingerprint density at radius 3 is 2.50 bits per heavy atom. The summed E-state index contributed by atoms with van der Waals surface area (Å²) in [6, 6.07) is 0. The van der Waals surface area contributed by atoms with Gasteiger partial charge in [-0.1, -0.05) is 6.92 Å². The molecular weight excluding hydrogens is 178 g/mol. The molecule has 0 rings (SSSR count). The Kier molecular flexibility index (Phi) is 8.57. The summed E-state index contributed by atoms with van der Waals surface area (Å²) in [5.41, 5.74) is 5.26. The number of nitrogens with one attached hydrogen (secondary N) is 1. The van der Waals surface area contributed by atoms with Crippen molar-refractivity contribution in [1.29, 1.82) is 5.41 Å². The predicted molar refractivity (Wildman–Crippen MR) is 59.6 cm³/mol. The van der Waals surface area contributed by atoms with E-state index in [4.69, 9.17) is 16.2 Å². The smallest absolute Gasteiger partial charge is 0.0905 e.